The molecule has 0 atom stereocenters. The number of rotatable bonds is 3. The standard InChI is InChI=1S/C18H17N5OS/c19-11-14-17(24-16(20-14)12-5-6-12)22-7-9-23(10-8-22)18-21-13-3-1-2-4-15(13)25-18/h1-4,12H,5-10H2. The summed E-state index contributed by atoms with van der Waals surface area (Å²) in [6, 6.07) is 10.4. The van der Waals surface area contributed by atoms with Crippen LogP contribution < -0.4 is 9.80 Å². The summed E-state index contributed by atoms with van der Waals surface area (Å²) in [5.74, 6) is 1.80. The zero-order valence-corrected chi connectivity index (χ0v) is 14.5. The van der Waals surface area contributed by atoms with Gasteiger partial charge in [-0.25, -0.2) is 9.97 Å². The minimum Gasteiger partial charge on any atom is -0.423 e. The number of piperazine rings is 1. The van der Waals surface area contributed by atoms with Gasteiger partial charge in [0.1, 0.15) is 6.07 Å². The Morgan fingerprint density at radius 1 is 1.08 bits per heavy atom. The van der Waals surface area contributed by atoms with E-state index in [1.165, 1.54) is 4.70 Å². The SMILES string of the molecule is N#Cc1nc(C2CC2)oc1N1CCN(c2nc3ccccc3s2)CC1. The van der Waals surface area contributed by atoms with Crippen LogP contribution >= 0.6 is 11.3 Å². The van der Waals surface area contributed by atoms with Crippen LogP contribution in [-0.4, -0.2) is 36.1 Å². The highest BCUT2D eigenvalue weighted by Crippen LogP contribution is 2.41. The van der Waals surface area contributed by atoms with Gasteiger partial charge in [-0.15, -0.1) is 0 Å². The zero-order valence-electron chi connectivity index (χ0n) is 13.7. The molecule has 3 heterocycles. The molecular weight excluding hydrogens is 334 g/mol. The Morgan fingerprint density at radius 2 is 1.84 bits per heavy atom. The number of anilines is 2. The van der Waals surface area contributed by atoms with E-state index in [1.807, 2.05) is 12.1 Å². The summed E-state index contributed by atoms with van der Waals surface area (Å²) in [6.07, 6.45) is 2.24. The molecule has 2 aliphatic rings. The van der Waals surface area contributed by atoms with Crippen molar-refractivity contribution in [3.63, 3.8) is 0 Å². The second kappa shape index (κ2) is 5.74. The van der Waals surface area contributed by atoms with Crippen LogP contribution in [0.2, 0.25) is 0 Å². The normalized spacial score (nSPS) is 17.9. The average molecular weight is 351 g/mol. The number of fused-ring (bicyclic) bond motifs is 1. The van der Waals surface area contributed by atoms with E-state index in [1.54, 1.807) is 11.3 Å². The first-order chi connectivity index (χ1) is 12.3. The van der Waals surface area contributed by atoms with Gasteiger partial charge in [-0.3, -0.25) is 0 Å². The van der Waals surface area contributed by atoms with Crippen LogP contribution in [-0.2, 0) is 0 Å². The van der Waals surface area contributed by atoms with Gasteiger partial charge in [0.25, 0.3) is 0 Å². The van der Waals surface area contributed by atoms with Crippen LogP contribution in [0.1, 0.15) is 30.3 Å². The Morgan fingerprint density at radius 3 is 2.56 bits per heavy atom. The first-order valence-electron chi connectivity index (χ1n) is 8.58. The van der Waals surface area contributed by atoms with Gasteiger partial charge in [-0.05, 0) is 25.0 Å². The second-order valence-corrected chi connectivity index (χ2v) is 7.54. The third-order valence-corrected chi connectivity index (χ3v) is 5.88. The fraction of sp³-hybridized carbons (Fsp3) is 0.389. The molecule has 1 saturated heterocycles. The maximum atomic E-state index is 9.36. The van der Waals surface area contributed by atoms with Crippen LogP contribution in [0, 0.1) is 11.3 Å². The van der Waals surface area contributed by atoms with Crippen molar-refractivity contribution >= 4 is 32.6 Å². The molecule has 126 valence electrons. The summed E-state index contributed by atoms with van der Waals surface area (Å²) in [4.78, 5) is 13.6. The Kier molecular flexibility index (Phi) is 3.38. The molecular formula is C18H17N5OS. The lowest BCUT2D eigenvalue weighted by molar-refractivity contribution is 0.478. The summed E-state index contributed by atoms with van der Waals surface area (Å²) in [5, 5.41) is 10.4. The number of benzene rings is 1. The minimum absolute atomic E-state index is 0.421. The van der Waals surface area contributed by atoms with Gasteiger partial charge in [0.2, 0.25) is 17.5 Å². The molecule has 1 aromatic carbocycles. The number of thiazole rings is 1. The van der Waals surface area contributed by atoms with E-state index < -0.39 is 0 Å². The van der Waals surface area contributed by atoms with Crippen molar-refractivity contribution in [2.45, 2.75) is 18.8 Å². The van der Waals surface area contributed by atoms with Crippen molar-refractivity contribution in [3.05, 3.63) is 35.9 Å². The lowest BCUT2D eigenvalue weighted by Gasteiger charge is -2.34. The van der Waals surface area contributed by atoms with Gasteiger partial charge in [0.05, 0.1) is 10.2 Å². The van der Waals surface area contributed by atoms with Gasteiger partial charge >= 0.3 is 0 Å². The number of hydrogen-bond acceptors (Lipinski definition) is 7. The summed E-state index contributed by atoms with van der Waals surface area (Å²) in [5.41, 5.74) is 1.48. The number of hydrogen-bond donors (Lipinski definition) is 0. The van der Waals surface area contributed by atoms with Crippen molar-refractivity contribution in [1.29, 1.82) is 5.26 Å². The van der Waals surface area contributed by atoms with E-state index in [-0.39, 0.29) is 0 Å². The highest BCUT2D eigenvalue weighted by Gasteiger charge is 2.32. The lowest BCUT2D eigenvalue weighted by Crippen LogP contribution is -2.46. The maximum absolute atomic E-state index is 9.36. The molecule has 5 rings (SSSR count). The fourth-order valence-electron chi connectivity index (χ4n) is 3.22. The summed E-state index contributed by atoms with van der Waals surface area (Å²) >= 11 is 1.73. The van der Waals surface area contributed by atoms with E-state index in [2.05, 4.69) is 33.0 Å². The lowest BCUT2D eigenvalue weighted by atomic mass is 10.3. The Balaban J connectivity index is 1.33. The molecule has 6 nitrogen and oxygen atoms in total. The molecule has 0 radical (unpaired) electrons. The predicted octanol–water partition coefficient (Wildman–Crippen LogP) is 3.36. The zero-order chi connectivity index (χ0) is 16.8. The molecule has 1 aliphatic heterocycles. The molecule has 3 aromatic rings. The van der Waals surface area contributed by atoms with E-state index in [0.29, 0.717) is 17.5 Å². The number of para-hydroxylation sites is 1. The molecule has 7 heteroatoms. The molecule has 1 saturated carbocycles. The number of aromatic nitrogens is 2. The molecule has 0 unspecified atom stereocenters. The third-order valence-electron chi connectivity index (χ3n) is 4.78. The van der Waals surface area contributed by atoms with E-state index in [0.717, 1.165) is 55.6 Å². The molecule has 25 heavy (non-hydrogen) atoms. The first kappa shape index (κ1) is 14.7. The average Bonchev–Trinajstić information content (AvgIpc) is 3.27. The Bertz CT molecular complexity index is 926. The van der Waals surface area contributed by atoms with Gasteiger partial charge in [-0.2, -0.15) is 5.26 Å². The first-order valence-corrected chi connectivity index (χ1v) is 9.40. The molecule has 0 spiro atoms. The van der Waals surface area contributed by atoms with Gasteiger partial charge in [-0.1, -0.05) is 23.5 Å². The van der Waals surface area contributed by atoms with Crippen LogP contribution in [0.4, 0.5) is 11.0 Å². The van der Waals surface area contributed by atoms with Crippen molar-refractivity contribution < 1.29 is 4.42 Å². The van der Waals surface area contributed by atoms with Crippen LogP contribution in [0.15, 0.2) is 28.7 Å². The Hall–Kier alpha value is -2.59. The highest BCUT2D eigenvalue weighted by atomic mass is 32.1. The van der Waals surface area contributed by atoms with E-state index >= 15 is 0 Å². The number of oxazole rings is 1. The van der Waals surface area contributed by atoms with Gasteiger partial charge in [0.15, 0.2) is 5.13 Å². The summed E-state index contributed by atoms with van der Waals surface area (Å²) in [6.45, 7) is 3.35. The number of nitrogens with zero attached hydrogens (tertiary/aromatic N) is 5. The van der Waals surface area contributed by atoms with Crippen molar-refractivity contribution in [2.75, 3.05) is 36.0 Å². The summed E-state index contributed by atoms with van der Waals surface area (Å²) in [7, 11) is 0. The minimum atomic E-state index is 0.421. The van der Waals surface area contributed by atoms with E-state index in [9.17, 15) is 5.26 Å². The fourth-order valence-corrected chi connectivity index (χ4v) is 4.23. The quantitative estimate of drug-likeness (QED) is 0.721. The van der Waals surface area contributed by atoms with Crippen LogP contribution in [0.5, 0.6) is 0 Å². The molecule has 1 aliphatic carbocycles. The van der Waals surface area contributed by atoms with Crippen molar-refractivity contribution in [1.82, 2.24) is 9.97 Å². The maximum Gasteiger partial charge on any atom is 0.234 e. The van der Waals surface area contributed by atoms with Gasteiger partial charge < -0.3 is 14.2 Å². The third kappa shape index (κ3) is 2.63. The van der Waals surface area contributed by atoms with Crippen molar-refractivity contribution in [3.8, 4) is 6.07 Å². The smallest absolute Gasteiger partial charge is 0.234 e. The second-order valence-electron chi connectivity index (χ2n) is 6.53. The van der Waals surface area contributed by atoms with E-state index in [4.69, 9.17) is 9.40 Å². The Labute approximate surface area is 149 Å². The molecule has 0 N–H and O–H groups in total. The predicted molar refractivity (Wildman–Crippen MR) is 97.2 cm³/mol. The summed E-state index contributed by atoms with van der Waals surface area (Å²) < 4.78 is 7.14. The molecule has 2 aromatic heterocycles. The van der Waals surface area contributed by atoms with Crippen molar-refractivity contribution in [2.24, 2.45) is 0 Å². The molecule has 0 bridgehead atoms. The molecule has 2 fully saturated rings. The largest absolute Gasteiger partial charge is 0.423 e. The molecule has 0 amide bonds. The monoisotopic (exact) mass is 351 g/mol. The van der Waals surface area contributed by atoms with Gasteiger partial charge in [0, 0.05) is 32.1 Å². The number of nitriles is 1. The van der Waals surface area contributed by atoms with Crippen LogP contribution in [0.3, 0.4) is 0 Å². The van der Waals surface area contributed by atoms with Crippen LogP contribution in [0.25, 0.3) is 10.2 Å². The topological polar surface area (TPSA) is 69.2 Å². The highest BCUT2D eigenvalue weighted by molar-refractivity contribution is 7.22.